The van der Waals surface area contributed by atoms with Gasteiger partial charge in [0.2, 0.25) is 5.91 Å². The summed E-state index contributed by atoms with van der Waals surface area (Å²) in [6, 6.07) is 9.17. The van der Waals surface area contributed by atoms with Gasteiger partial charge in [0.15, 0.2) is 9.84 Å². The van der Waals surface area contributed by atoms with E-state index in [9.17, 15) is 53.8 Å². The van der Waals surface area contributed by atoms with Gasteiger partial charge in [-0.15, -0.1) is 0 Å². The predicted molar refractivity (Wildman–Crippen MR) is 140 cm³/mol. The van der Waals surface area contributed by atoms with E-state index in [0.717, 1.165) is 6.26 Å². The van der Waals surface area contributed by atoms with Crippen LogP contribution in [0.1, 0.15) is 29.7 Å². The average molecular weight is 633 g/mol. The second-order valence-electron chi connectivity index (χ2n) is 9.96. The summed E-state index contributed by atoms with van der Waals surface area (Å²) in [5, 5.41) is 12.1. The number of alkyl halides is 6. The molecule has 0 aromatic heterocycles. The molecule has 1 atom stereocenters. The summed E-state index contributed by atoms with van der Waals surface area (Å²) in [4.78, 5) is 27.0. The number of carbonyl (C=O) groups is 2. The first-order valence-electron chi connectivity index (χ1n) is 12.4. The minimum Gasteiger partial charge on any atom is -0.369 e. The molecule has 3 aromatic rings. The Kier molecular flexibility index (Phi) is 8.13. The molecule has 0 aliphatic carbocycles. The van der Waals surface area contributed by atoms with E-state index in [-0.39, 0.29) is 34.3 Å². The van der Waals surface area contributed by atoms with E-state index in [1.54, 1.807) is 0 Å². The number of halogens is 7. The first-order chi connectivity index (χ1) is 19.8. The van der Waals surface area contributed by atoms with Gasteiger partial charge in [-0.3, -0.25) is 9.59 Å². The van der Waals surface area contributed by atoms with Crippen molar-refractivity contribution >= 4 is 27.3 Å². The molecule has 1 heterocycles. The summed E-state index contributed by atoms with van der Waals surface area (Å²) >= 11 is 0. The molecule has 0 saturated heterocycles. The molecular formula is C28H23F7N2O5S. The highest BCUT2D eigenvalue weighted by Crippen LogP contribution is 2.50. The Morgan fingerprint density at radius 3 is 2.05 bits per heavy atom. The van der Waals surface area contributed by atoms with Crippen LogP contribution in [-0.4, -0.2) is 55.4 Å². The first-order valence-corrected chi connectivity index (χ1v) is 14.3. The van der Waals surface area contributed by atoms with Crippen LogP contribution >= 0.6 is 0 Å². The lowest BCUT2D eigenvalue weighted by Crippen LogP contribution is -2.53. The summed E-state index contributed by atoms with van der Waals surface area (Å²) in [5.74, 6) is -2.52. The Morgan fingerprint density at radius 2 is 1.53 bits per heavy atom. The smallest absolute Gasteiger partial charge is 0.369 e. The quantitative estimate of drug-likeness (QED) is 0.372. The molecule has 15 heteroatoms. The highest BCUT2D eigenvalue weighted by molar-refractivity contribution is 7.90. The third-order valence-corrected chi connectivity index (χ3v) is 8.20. The topological polar surface area (TPSA) is 104 Å². The largest absolute Gasteiger partial charge is 0.430 e. The molecule has 43 heavy (non-hydrogen) atoms. The van der Waals surface area contributed by atoms with Gasteiger partial charge >= 0.3 is 12.4 Å². The highest BCUT2D eigenvalue weighted by Gasteiger charge is 2.71. The fourth-order valence-electron chi connectivity index (χ4n) is 4.86. The maximum atomic E-state index is 14.8. The summed E-state index contributed by atoms with van der Waals surface area (Å²) in [5.41, 5.74) is -6.22. The number of hydrogen-bond acceptors (Lipinski definition) is 5. The second-order valence-corrected chi connectivity index (χ2v) is 12.0. The molecular weight excluding hydrogens is 609 g/mol. The minimum atomic E-state index is -6.17. The maximum absolute atomic E-state index is 14.8. The average Bonchev–Trinajstić information content (AvgIpc) is 2.90. The van der Waals surface area contributed by atoms with Gasteiger partial charge < -0.3 is 15.3 Å². The molecule has 4 rings (SSSR count). The number of amides is 2. The van der Waals surface area contributed by atoms with E-state index in [1.807, 2.05) is 0 Å². The zero-order valence-electron chi connectivity index (χ0n) is 22.3. The molecule has 230 valence electrons. The van der Waals surface area contributed by atoms with Gasteiger partial charge in [0.05, 0.1) is 4.90 Å². The van der Waals surface area contributed by atoms with Crippen molar-refractivity contribution in [3.05, 3.63) is 83.2 Å². The van der Waals surface area contributed by atoms with Crippen LogP contribution in [0.3, 0.4) is 0 Å². The van der Waals surface area contributed by atoms with Gasteiger partial charge in [0.25, 0.3) is 11.5 Å². The van der Waals surface area contributed by atoms with E-state index in [2.05, 4.69) is 5.32 Å². The molecule has 3 aromatic carbocycles. The fraction of sp³-hybridized carbons (Fsp3) is 0.286. The number of rotatable bonds is 5. The van der Waals surface area contributed by atoms with Crippen LogP contribution in [-0.2, 0) is 31.4 Å². The molecule has 0 fully saturated rings. The van der Waals surface area contributed by atoms with Crippen LogP contribution in [0.15, 0.2) is 65.6 Å². The van der Waals surface area contributed by atoms with Gasteiger partial charge in [-0.05, 0) is 53.4 Å². The van der Waals surface area contributed by atoms with Crippen LogP contribution in [0.25, 0.3) is 11.1 Å². The number of hydrogen-bond donors (Lipinski definition) is 2. The SMILES string of the molecule is CC(=O)N1CCc2cc(S(C)(=O)=O)ccc2C1C(=O)Nc1ccc(-c2ccc(C(O)(C(F)(F)F)C(F)(F)F)cc2F)cc1. The van der Waals surface area contributed by atoms with Crippen molar-refractivity contribution in [3.63, 3.8) is 0 Å². The Hall–Kier alpha value is -3.98. The number of nitrogens with zero attached hydrogens (tertiary/aromatic N) is 1. The second kappa shape index (κ2) is 10.9. The Morgan fingerprint density at radius 1 is 0.930 bits per heavy atom. The van der Waals surface area contributed by atoms with E-state index in [1.165, 1.54) is 54.3 Å². The molecule has 0 spiro atoms. The number of carbonyl (C=O) groups excluding carboxylic acids is 2. The van der Waals surface area contributed by atoms with Crippen LogP contribution in [0.5, 0.6) is 0 Å². The standard InChI is InChI=1S/C28H23F7N2O5S/c1-15(38)37-12-11-17-13-20(43(2,41)42)8-10-22(17)24(37)25(39)36-19-6-3-16(4-7-19)21-9-5-18(14-23(21)29)26(40,27(30,31)32)28(33,34)35/h3-10,13-14,24,40H,11-12H2,1-2H3,(H,36,39). The van der Waals surface area contributed by atoms with Crippen molar-refractivity contribution in [1.29, 1.82) is 0 Å². The summed E-state index contributed by atoms with van der Waals surface area (Å²) in [6.07, 6.45) is -11.0. The van der Waals surface area contributed by atoms with Gasteiger partial charge in [-0.1, -0.05) is 30.3 Å². The molecule has 7 nitrogen and oxygen atoms in total. The predicted octanol–water partition coefficient (Wildman–Crippen LogP) is 5.29. The molecule has 1 unspecified atom stereocenters. The molecule has 0 bridgehead atoms. The van der Waals surface area contributed by atoms with E-state index in [0.29, 0.717) is 29.7 Å². The Labute approximate surface area is 240 Å². The molecule has 2 N–H and O–H groups in total. The lowest BCUT2D eigenvalue weighted by Gasteiger charge is -2.36. The van der Waals surface area contributed by atoms with E-state index < -0.39 is 57.0 Å². The number of anilines is 1. The van der Waals surface area contributed by atoms with Gasteiger partial charge in [-0.2, -0.15) is 26.3 Å². The number of fused-ring (bicyclic) bond motifs is 1. The molecule has 0 radical (unpaired) electrons. The zero-order chi connectivity index (χ0) is 32.1. The lowest BCUT2D eigenvalue weighted by molar-refractivity contribution is -0.376. The van der Waals surface area contributed by atoms with E-state index in [4.69, 9.17) is 0 Å². The van der Waals surface area contributed by atoms with Crippen molar-refractivity contribution in [3.8, 4) is 11.1 Å². The van der Waals surface area contributed by atoms with Crippen molar-refractivity contribution in [2.24, 2.45) is 0 Å². The number of benzene rings is 3. The van der Waals surface area contributed by atoms with Crippen molar-refractivity contribution in [2.45, 2.75) is 42.2 Å². The first kappa shape index (κ1) is 31.9. The van der Waals surface area contributed by atoms with Crippen molar-refractivity contribution < 1.29 is 53.8 Å². The van der Waals surface area contributed by atoms with Crippen molar-refractivity contribution in [2.75, 3.05) is 18.1 Å². The van der Waals surface area contributed by atoms with E-state index >= 15 is 0 Å². The lowest BCUT2D eigenvalue weighted by atomic mass is 9.90. The molecule has 1 aliphatic heterocycles. The van der Waals surface area contributed by atoms with Crippen molar-refractivity contribution in [1.82, 2.24) is 4.90 Å². The van der Waals surface area contributed by atoms with Gasteiger partial charge in [0.1, 0.15) is 11.9 Å². The highest BCUT2D eigenvalue weighted by atomic mass is 32.2. The molecule has 2 amide bonds. The van der Waals surface area contributed by atoms with Gasteiger partial charge in [-0.25, -0.2) is 12.8 Å². The molecule has 0 saturated carbocycles. The van der Waals surface area contributed by atoms with Crippen LogP contribution in [0, 0.1) is 5.82 Å². The van der Waals surface area contributed by atoms with Crippen LogP contribution < -0.4 is 5.32 Å². The summed E-state index contributed by atoms with van der Waals surface area (Å²) in [6.45, 7) is 1.41. The normalized spacial score (nSPS) is 16.0. The summed E-state index contributed by atoms with van der Waals surface area (Å²) in [7, 11) is -3.53. The molecule has 1 aliphatic rings. The Balaban J connectivity index is 1.61. The van der Waals surface area contributed by atoms with Gasteiger partial charge in [0, 0.05) is 36.5 Å². The Bertz CT molecular complexity index is 1670. The number of sulfone groups is 1. The third-order valence-electron chi connectivity index (χ3n) is 7.09. The summed E-state index contributed by atoms with van der Waals surface area (Å²) < 4.78 is 118. The fourth-order valence-corrected chi connectivity index (χ4v) is 5.53. The maximum Gasteiger partial charge on any atom is 0.430 e. The number of aliphatic hydroxyl groups is 1. The third kappa shape index (κ3) is 5.95. The monoisotopic (exact) mass is 632 g/mol. The van der Waals surface area contributed by atoms with Crippen LogP contribution in [0.2, 0.25) is 0 Å². The number of nitrogens with one attached hydrogen (secondary N) is 1. The zero-order valence-corrected chi connectivity index (χ0v) is 23.2. The minimum absolute atomic E-state index is 0.0336. The van der Waals surface area contributed by atoms with Crippen LogP contribution in [0.4, 0.5) is 36.4 Å².